The van der Waals surface area contributed by atoms with Crippen molar-refractivity contribution in [2.75, 3.05) is 27.9 Å². The van der Waals surface area contributed by atoms with Crippen molar-refractivity contribution < 1.29 is 19.3 Å². The molecule has 0 heterocycles. The number of rotatable bonds is 6. The van der Waals surface area contributed by atoms with Crippen molar-refractivity contribution in [1.29, 1.82) is 0 Å². The van der Waals surface area contributed by atoms with Crippen molar-refractivity contribution in [3.05, 3.63) is 23.8 Å². The summed E-state index contributed by atoms with van der Waals surface area (Å²) < 4.78 is 15.7. The van der Waals surface area contributed by atoms with Gasteiger partial charge in [0.2, 0.25) is 0 Å². The first-order valence-electron chi connectivity index (χ1n) is 6.09. The molecule has 1 aromatic rings. The van der Waals surface area contributed by atoms with Gasteiger partial charge in [-0.3, -0.25) is 0 Å². The fourth-order valence-corrected chi connectivity index (χ4v) is 2.35. The average Bonchev–Trinajstić information content (AvgIpc) is 3.22. The molecule has 1 fully saturated rings. The lowest BCUT2D eigenvalue weighted by Crippen LogP contribution is -2.34. The number of ether oxygens (including phenoxy) is 3. The Labute approximate surface area is 107 Å². The molecule has 1 saturated carbocycles. The summed E-state index contributed by atoms with van der Waals surface area (Å²) in [6, 6.07) is 5.48. The molecule has 0 aliphatic heterocycles. The van der Waals surface area contributed by atoms with Crippen LogP contribution in [0.2, 0.25) is 0 Å². The van der Waals surface area contributed by atoms with Crippen LogP contribution in [0.1, 0.15) is 18.4 Å². The van der Waals surface area contributed by atoms with Gasteiger partial charge in [0.25, 0.3) is 0 Å². The molecule has 4 nitrogen and oxygen atoms in total. The molecule has 1 aliphatic carbocycles. The summed E-state index contributed by atoms with van der Waals surface area (Å²) in [5, 5.41) is 10.9. The van der Waals surface area contributed by atoms with E-state index in [1.807, 2.05) is 12.1 Å². The normalized spacial score (nSPS) is 18.2. The summed E-state index contributed by atoms with van der Waals surface area (Å²) in [5.41, 5.74) is -0.193. The maximum atomic E-state index is 10.9. The highest BCUT2D eigenvalue weighted by molar-refractivity contribution is 5.45. The number of hydrogen-bond acceptors (Lipinski definition) is 4. The van der Waals surface area contributed by atoms with E-state index in [0.717, 1.165) is 18.4 Å². The molecular weight excluding hydrogens is 232 g/mol. The van der Waals surface area contributed by atoms with Crippen LogP contribution in [-0.2, 0) is 10.3 Å². The Hall–Kier alpha value is -1.26. The molecule has 4 heteroatoms. The minimum atomic E-state index is -0.966. The Morgan fingerprint density at radius 1 is 1.22 bits per heavy atom. The Morgan fingerprint density at radius 3 is 2.44 bits per heavy atom. The molecule has 18 heavy (non-hydrogen) atoms. The first-order valence-corrected chi connectivity index (χ1v) is 6.09. The standard InChI is InChI=1S/C14H20O4/c1-16-9-14(15,10-4-5-10)12-7-6-11(17-2)8-13(12)18-3/h6-8,10,15H,4-5,9H2,1-3H3. The lowest BCUT2D eigenvalue weighted by molar-refractivity contribution is -0.0546. The SMILES string of the molecule is COCC(O)(c1ccc(OC)cc1OC)C1CC1. The molecule has 1 unspecified atom stereocenters. The third-order valence-corrected chi connectivity index (χ3v) is 3.49. The highest BCUT2D eigenvalue weighted by atomic mass is 16.5. The van der Waals surface area contributed by atoms with E-state index < -0.39 is 5.60 Å². The summed E-state index contributed by atoms with van der Waals surface area (Å²) >= 11 is 0. The summed E-state index contributed by atoms with van der Waals surface area (Å²) in [5.74, 6) is 1.60. The van der Waals surface area contributed by atoms with E-state index in [1.165, 1.54) is 0 Å². The van der Waals surface area contributed by atoms with Gasteiger partial charge in [-0.25, -0.2) is 0 Å². The Kier molecular flexibility index (Phi) is 3.78. The minimum Gasteiger partial charge on any atom is -0.497 e. The Balaban J connectivity index is 2.40. The predicted octanol–water partition coefficient (Wildman–Crippen LogP) is 1.95. The van der Waals surface area contributed by atoms with E-state index in [1.54, 1.807) is 27.4 Å². The van der Waals surface area contributed by atoms with Crippen LogP contribution in [0.3, 0.4) is 0 Å². The van der Waals surface area contributed by atoms with Gasteiger partial charge in [0.1, 0.15) is 17.1 Å². The smallest absolute Gasteiger partial charge is 0.128 e. The molecular formula is C14H20O4. The van der Waals surface area contributed by atoms with E-state index in [-0.39, 0.29) is 12.5 Å². The lowest BCUT2D eigenvalue weighted by Gasteiger charge is -2.29. The third kappa shape index (κ3) is 2.31. The first-order chi connectivity index (χ1) is 8.65. The molecule has 0 aromatic heterocycles. The van der Waals surface area contributed by atoms with Crippen LogP contribution >= 0.6 is 0 Å². The van der Waals surface area contributed by atoms with Crippen molar-refractivity contribution >= 4 is 0 Å². The molecule has 0 radical (unpaired) electrons. The fourth-order valence-electron chi connectivity index (χ4n) is 2.35. The highest BCUT2D eigenvalue weighted by Gasteiger charge is 2.46. The number of aliphatic hydroxyl groups is 1. The molecule has 1 aromatic carbocycles. The van der Waals surface area contributed by atoms with Crippen molar-refractivity contribution in [2.45, 2.75) is 18.4 Å². The molecule has 100 valence electrons. The van der Waals surface area contributed by atoms with E-state index in [2.05, 4.69) is 0 Å². The van der Waals surface area contributed by atoms with Gasteiger partial charge in [-0.2, -0.15) is 0 Å². The summed E-state index contributed by atoms with van der Waals surface area (Å²) in [7, 11) is 4.80. The monoisotopic (exact) mass is 252 g/mol. The molecule has 0 saturated heterocycles. The van der Waals surface area contributed by atoms with E-state index in [9.17, 15) is 5.11 Å². The van der Waals surface area contributed by atoms with Crippen LogP contribution in [-0.4, -0.2) is 33.0 Å². The largest absolute Gasteiger partial charge is 0.497 e. The summed E-state index contributed by atoms with van der Waals surface area (Å²) in [4.78, 5) is 0. The second kappa shape index (κ2) is 5.16. The average molecular weight is 252 g/mol. The topological polar surface area (TPSA) is 47.9 Å². The molecule has 0 amide bonds. The highest BCUT2D eigenvalue weighted by Crippen LogP contribution is 2.48. The van der Waals surface area contributed by atoms with Crippen LogP contribution in [0.25, 0.3) is 0 Å². The van der Waals surface area contributed by atoms with E-state index in [0.29, 0.717) is 11.5 Å². The van der Waals surface area contributed by atoms with Crippen LogP contribution in [0, 0.1) is 5.92 Å². The predicted molar refractivity (Wildman–Crippen MR) is 68.0 cm³/mol. The molecule has 1 N–H and O–H groups in total. The minimum absolute atomic E-state index is 0.250. The third-order valence-electron chi connectivity index (χ3n) is 3.49. The van der Waals surface area contributed by atoms with Crippen molar-refractivity contribution in [3.8, 4) is 11.5 Å². The number of methoxy groups -OCH3 is 3. The molecule has 1 atom stereocenters. The van der Waals surface area contributed by atoms with Crippen molar-refractivity contribution in [3.63, 3.8) is 0 Å². The summed E-state index contributed by atoms with van der Waals surface area (Å²) in [6.45, 7) is 0.278. The second-order valence-electron chi connectivity index (χ2n) is 4.70. The van der Waals surface area contributed by atoms with Crippen LogP contribution < -0.4 is 9.47 Å². The molecule has 0 bridgehead atoms. The zero-order chi connectivity index (χ0) is 13.2. The molecule has 0 spiro atoms. The van der Waals surface area contributed by atoms with Gasteiger partial charge in [-0.05, 0) is 30.9 Å². The van der Waals surface area contributed by atoms with Gasteiger partial charge in [-0.1, -0.05) is 0 Å². The lowest BCUT2D eigenvalue weighted by atomic mass is 9.88. The van der Waals surface area contributed by atoms with Crippen LogP contribution in [0.15, 0.2) is 18.2 Å². The van der Waals surface area contributed by atoms with Gasteiger partial charge in [0.15, 0.2) is 0 Å². The van der Waals surface area contributed by atoms with Crippen molar-refractivity contribution in [1.82, 2.24) is 0 Å². The molecule has 1 aliphatic rings. The fraction of sp³-hybridized carbons (Fsp3) is 0.571. The quantitative estimate of drug-likeness (QED) is 0.840. The Bertz CT molecular complexity index is 414. The van der Waals surface area contributed by atoms with Crippen molar-refractivity contribution in [2.24, 2.45) is 5.92 Å². The van der Waals surface area contributed by atoms with Gasteiger partial charge >= 0.3 is 0 Å². The van der Waals surface area contributed by atoms with Gasteiger partial charge in [-0.15, -0.1) is 0 Å². The van der Waals surface area contributed by atoms with Gasteiger partial charge < -0.3 is 19.3 Å². The van der Waals surface area contributed by atoms with E-state index >= 15 is 0 Å². The van der Waals surface area contributed by atoms with Crippen LogP contribution in [0.5, 0.6) is 11.5 Å². The van der Waals surface area contributed by atoms with E-state index in [4.69, 9.17) is 14.2 Å². The Morgan fingerprint density at radius 2 is 1.94 bits per heavy atom. The van der Waals surface area contributed by atoms with Crippen LogP contribution in [0.4, 0.5) is 0 Å². The first kappa shape index (κ1) is 13.2. The van der Waals surface area contributed by atoms with Gasteiger partial charge in [0, 0.05) is 18.7 Å². The zero-order valence-electron chi connectivity index (χ0n) is 11.1. The maximum absolute atomic E-state index is 10.9. The van der Waals surface area contributed by atoms with Gasteiger partial charge in [0.05, 0.1) is 20.8 Å². The summed E-state index contributed by atoms with van der Waals surface area (Å²) in [6.07, 6.45) is 2.05. The molecule has 2 rings (SSSR count). The second-order valence-corrected chi connectivity index (χ2v) is 4.70. The number of benzene rings is 1. The maximum Gasteiger partial charge on any atom is 0.128 e. The number of hydrogen-bond donors (Lipinski definition) is 1. The zero-order valence-corrected chi connectivity index (χ0v) is 11.1.